The molecule has 5 nitrogen and oxygen atoms in total. The maximum atomic E-state index is 13.4. The Morgan fingerprint density at radius 3 is 2.62 bits per heavy atom. The van der Waals surface area contributed by atoms with E-state index in [0.29, 0.717) is 13.0 Å². The number of H-pyrrole nitrogens is 1. The van der Waals surface area contributed by atoms with E-state index in [9.17, 15) is 14.0 Å². The number of halogens is 2. The second kappa shape index (κ2) is 6.58. The molecule has 1 N–H and O–H groups in total. The maximum absolute atomic E-state index is 13.4. The van der Waals surface area contributed by atoms with Crippen molar-refractivity contribution in [3.63, 3.8) is 0 Å². The summed E-state index contributed by atoms with van der Waals surface area (Å²) >= 11 is 5.40. The van der Waals surface area contributed by atoms with E-state index in [2.05, 4.69) is 4.98 Å². The Balaban J connectivity index is 2.03. The molecule has 0 radical (unpaired) electrons. The molecule has 2 aromatic rings. The summed E-state index contributed by atoms with van der Waals surface area (Å²) in [5.41, 5.74) is -0.666. The topological polar surface area (TPSA) is 58.1 Å². The van der Waals surface area contributed by atoms with Crippen molar-refractivity contribution in [2.45, 2.75) is 13.0 Å². The monoisotopic (exact) mass is 311 g/mol. The van der Waals surface area contributed by atoms with Crippen molar-refractivity contribution in [1.29, 1.82) is 0 Å². The first kappa shape index (κ1) is 15.3. The van der Waals surface area contributed by atoms with Crippen molar-refractivity contribution in [2.75, 3.05) is 18.5 Å². The SMILES string of the molecule is CN(CCCn1c(=O)[nH]c(Cl)c(F)c1=O)c1ccccc1. The van der Waals surface area contributed by atoms with Crippen LogP contribution in [0.3, 0.4) is 0 Å². The molecule has 0 spiro atoms. The molecule has 0 saturated heterocycles. The molecule has 0 aliphatic carbocycles. The molecule has 2 rings (SSSR count). The van der Waals surface area contributed by atoms with Crippen molar-refractivity contribution in [2.24, 2.45) is 0 Å². The highest BCUT2D eigenvalue weighted by Crippen LogP contribution is 2.11. The van der Waals surface area contributed by atoms with E-state index in [1.54, 1.807) is 0 Å². The molecular weight excluding hydrogens is 297 g/mol. The van der Waals surface area contributed by atoms with Crippen LogP contribution >= 0.6 is 11.6 Å². The fourth-order valence-electron chi connectivity index (χ4n) is 2.00. The molecule has 0 aliphatic heterocycles. The van der Waals surface area contributed by atoms with Gasteiger partial charge in [-0.15, -0.1) is 0 Å². The molecule has 0 unspecified atom stereocenters. The fourth-order valence-corrected chi connectivity index (χ4v) is 2.16. The molecule has 1 aromatic heterocycles. The Kier molecular flexibility index (Phi) is 4.80. The van der Waals surface area contributed by atoms with Gasteiger partial charge in [-0.25, -0.2) is 4.79 Å². The number of hydrogen-bond donors (Lipinski definition) is 1. The summed E-state index contributed by atoms with van der Waals surface area (Å²) in [6.07, 6.45) is 0.523. The summed E-state index contributed by atoms with van der Waals surface area (Å²) in [4.78, 5) is 27.3. The number of nitrogens with one attached hydrogen (secondary N) is 1. The number of anilines is 1. The summed E-state index contributed by atoms with van der Waals surface area (Å²) in [5, 5.41) is -0.553. The van der Waals surface area contributed by atoms with Crippen LogP contribution in [0.2, 0.25) is 5.15 Å². The van der Waals surface area contributed by atoms with E-state index in [-0.39, 0.29) is 6.54 Å². The lowest BCUT2D eigenvalue weighted by atomic mass is 10.3. The highest BCUT2D eigenvalue weighted by atomic mass is 35.5. The lowest BCUT2D eigenvalue weighted by molar-refractivity contribution is 0.526. The van der Waals surface area contributed by atoms with Crippen molar-refractivity contribution in [3.05, 3.63) is 62.1 Å². The third kappa shape index (κ3) is 3.52. The molecule has 112 valence electrons. The molecule has 0 atom stereocenters. The second-order valence-corrected chi connectivity index (χ2v) is 5.00. The van der Waals surface area contributed by atoms with Crippen molar-refractivity contribution in [1.82, 2.24) is 9.55 Å². The van der Waals surface area contributed by atoms with Gasteiger partial charge in [-0.3, -0.25) is 14.3 Å². The average Bonchev–Trinajstić information content (AvgIpc) is 2.49. The highest BCUT2D eigenvalue weighted by molar-refractivity contribution is 6.29. The third-order valence-corrected chi connectivity index (χ3v) is 3.42. The van der Waals surface area contributed by atoms with Gasteiger partial charge in [0.25, 0.3) is 5.56 Å². The van der Waals surface area contributed by atoms with Gasteiger partial charge in [-0.1, -0.05) is 29.8 Å². The van der Waals surface area contributed by atoms with Gasteiger partial charge in [0.15, 0.2) is 5.15 Å². The van der Waals surface area contributed by atoms with Crippen LogP contribution < -0.4 is 16.1 Å². The highest BCUT2D eigenvalue weighted by Gasteiger charge is 2.12. The third-order valence-electron chi connectivity index (χ3n) is 3.16. The Morgan fingerprint density at radius 2 is 1.95 bits per heavy atom. The maximum Gasteiger partial charge on any atom is 0.329 e. The zero-order valence-corrected chi connectivity index (χ0v) is 12.2. The first-order valence-corrected chi connectivity index (χ1v) is 6.83. The van der Waals surface area contributed by atoms with Crippen LogP contribution in [0.5, 0.6) is 0 Å². The molecule has 0 saturated carbocycles. The zero-order chi connectivity index (χ0) is 15.4. The van der Waals surface area contributed by atoms with E-state index >= 15 is 0 Å². The first-order valence-electron chi connectivity index (χ1n) is 6.45. The standard InChI is InChI=1S/C14H15ClFN3O2/c1-18(10-6-3-2-4-7-10)8-5-9-19-13(20)11(16)12(15)17-14(19)21/h2-4,6-7H,5,8-9H2,1H3,(H,17,21). The number of hydrogen-bond acceptors (Lipinski definition) is 3. The molecule has 0 bridgehead atoms. The zero-order valence-electron chi connectivity index (χ0n) is 11.5. The van der Waals surface area contributed by atoms with Gasteiger partial charge in [-0.05, 0) is 18.6 Å². The summed E-state index contributed by atoms with van der Waals surface area (Å²) in [6, 6.07) is 9.69. The average molecular weight is 312 g/mol. The summed E-state index contributed by atoms with van der Waals surface area (Å²) < 4.78 is 14.2. The van der Waals surface area contributed by atoms with Gasteiger partial charge in [0.2, 0.25) is 5.82 Å². The van der Waals surface area contributed by atoms with Crippen LogP contribution in [-0.4, -0.2) is 23.1 Å². The predicted octanol–water partition coefficient (Wildman–Crippen LogP) is 1.86. The normalized spacial score (nSPS) is 10.6. The van der Waals surface area contributed by atoms with Crippen molar-refractivity contribution < 1.29 is 4.39 Å². The van der Waals surface area contributed by atoms with Crippen LogP contribution in [0.15, 0.2) is 39.9 Å². The molecule has 21 heavy (non-hydrogen) atoms. The van der Waals surface area contributed by atoms with Gasteiger partial charge in [0.05, 0.1) is 0 Å². The Labute approximate surface area is 125 Å². The lowest BCUT2D eigenvalue weighted by Gasteiger charge is -2.19. The second-order valence-electron chi connectivity index (χ2n) is 4.63. The quantitative estimate of drug-likeness (QED) is 0.857. The number of benzene rings is 1. The van der Waals surface area contributed by atoms with Gasteiger partial charge in [-0.2, -0.15) is 4.39 Å². The largest absolute Gasteiger partial charge is 0.375 e. The smallest absolute Gasteiger partial charge is 0.329 e. The van der Waals surface area contributed by atoms with Gasteiger partial charge >= 0.3 is 5.69 Å². The Bertz CT molecular complexity index is 727. The van der Waals surface area contributed by atoms with Crippen LogP contribution in [0.1, 0.15) is 6.42 Å². The molecule has 7 heteroatoms. The van der Waals surface area contributed by atoms with Gasteiger partial charge < -0.3 is 4.90 Å². The number of aromatic amines is 1. The molecule has 0 amide bonds. The molecule has 0 fully saturated rings. The number of aromatic nitrogens is 2. The minimum Gasteiger partial charge on any atom is -0.375 e. The Hall–Kier alpha value is -2.08. The van der Waals surface area contributed by atoms with E-state index < -0.39 is 22.2 Å². The number of nitrogens with zero attached hydrogens (tertiary/aromatic N) is 2. The van der Waals surface area contributed by atoms with Crippen LogP contribution in [0.4, 0.5) is 10.1 Å². The van der Waals surface area contributed by atoms with Gasteiger partial charge in [0, 0.05) is 25.8 Å². The molecular formula is C14H15ClFN3O2. The predicted molar refractivity (Wildman–Crippen MR) is 80.6 cm³/mol. The molecule has 0 aliphatic rings. The Morgan fingerprint density at radius 1 is 1.29 bits per heavy atom. The number of rotatable bonds is 5. The van der Waals surface area contributed by atoms with E-state index in [1.165, 1.54) is 0 Å². The van der Waals surface area contributed by atoms with Gasteiger partial charge in [0.1, 0.15) is 0 Å². The van der Waals surface area contributed by atoms with Crippen LogP contribution in [0.25, 0.3) is 0 Å². The molecule has 1 heterocycles. The minimum atomic E-state index is -1.13. The lowest BCUT2D eigenvalue weighted by Crippen LogP contribution is -2.38. The summed E-state index contributed by atoms with van der Waals surface area (Å²) in [6.45, 7) is 0.750. The van der Waals surface area contributed by atoms with Crippen LogP contribution in [-0.2, 0) is 6.54 Å². The summed E-state index contributed by atoms with van der Waals surface area (Å²) in [5.74, 6) is -1.13. The van der Waals surface area contributed by atoms with Crippen LogP contribution in [0, 0.1) is 5.82 Å². The first-order chi connectivity index (χ1) is 10.0. The summed E-state index contributed by atoms with van der Waals surface area (Å²) in [7, 11) is 1.91. The van der Waals surface area contributed by atoms with Crippen molar-refractivity contribution in [3.8, 4) is 0 Å². The number of para-hydroxylation sites is 1. The van der Waals surface area contributed by atoms with E-state index in [4.69, 9.17) is 11.6 Å². The minimum absolute atomic E-state index is 0.124. The van der Waals surface area contributed by atoms with E-state index in [1.807, 2.05) is 42.3 Å². The van der Waals surface area contributed by atoms with Crippen molar-refractivity contribution >= 4 is 17.3 Å². The van der Waals surface area contributed by atoms with E-state index in [0.717, 1.165) is 10.3 Å². The molecule has 1 aromatic carbocycles. The fraction of sp³-hybridized carbons (Fsp3) is 0.286.